The summed E-state index contributed by atoms with van der Waals surface area (Å²) in [5.74, 6) is 3.71. The Bertz CT molecular complexity index is 2940. The van der Waals surface area contributed by atoms with Gasteiger partial charge in [0.05, 0.1) is 5.69 Å². The molecule has 4 bridgehead atoms. The second-order valence-corrected chi connectivity index (χ2v) is 18.9. The lowest BCUT2D eigenvalue weighted by Crippen LogP contribution is -2.38. The fraction of sp³-hybridized carbons (Fsp3) is 0.220. The third-order valence-electron chi connectivity index (χ3n) is 15.3. The monoisotopic (exact) mass is 773 g/mol. The molecular weight excluding hydrogens is 723 g/mol. The largest absolute Gasteiger partial charge is 0.310 e. The molecule has 0 radical (unpaired) electrons. The number of rotatable bonds is 6. The first-order chi connectivity index (χ1) is 29.5. The molecule has 3 saturated carbocycles. The topological polar surface area (TPSA) is 3.24 Å². The standard InChI is InChI=1S/C59H51N/c1-59(2)56-18-10-8-17-54(56)55-29-27-47(37-57(55)59)60(58-19-11-9-14-51(58)39-12-4-3-5-13-39)46-25-23-40(24-26-46)49-30-31-50(53-16-7-6-15-52(49)53)42-22-21-41-34-44-32-38-20-28-48(44)45(33-38)36-43(41)35-42/h3-19,21-27,29-31,35,37-38,44-45,48H,20,28,32-34,36H2,1-2H3. The van der Waals surface area contributed by atoms with Crippen LogP contribution in [0.25, 0.3) is 55.3 Å². The molecule has 0 saturated heterocycles. The Hall–Kier alpha value is -6.18. The summed E-state index contributed by atoms with van der Waals surface area (Å²) in [5, 5.41) is 2.63. The first-order valence-electron chi connectivity index (χ1n) is 22.4. The SMILES string of the molecule is CC1(C)c2ccccc2-c2ccc(N(c3ccc(-c4ccc(-c5ccc6c(c5)CC5CC7CCC5C(C6)C7)c5ccccc45)cc3)c3ccccc3-c3ccccc3)cc21. The van der Waals surface area contributed by atoms with Gasteiger partial charge in [0.15, 0.2) is 0 Å². The highest BCUT2D eigenvalue weighted by molar-refractivity contribution is 6.05. The predicted octanol–water partition coefficient (Wildman–Crippen LogP) is 15.8. The van der Waals surface area contributed by atoms with Gasteiger partial charge >= 0.3 is 0 Å². The summed E-state index contributed by atoms with van der Waals surface area (Å²) in [7, 11) is 0. The fourth-order valence-electron chi connectivity index (χ4n) is 12.4. The van der Waals surface area contributed by atoms with Crippen LogP contribution < -0.4 is 4.90 Å². The Morgan fingerprint density at radius 2 is 1.02 bits per heavy atom. The molecule has 4 unspecified atom stereocenters. The summed E-state index contributed by atoms with van der Waals surface area (Å²) >= 11 is 0. The zero-order chi connectivity index (χ0) is 40.0. The van der Waals surface area contributed by atoms with E-state index in [0.717, 1.165) is 40.7 Å². The van der Waals surface area contributed by atoms with Crippen LogP contribution in [0.5, 0.6) is 0 Å². The number of nitrogens with zero attached hydrogens (tertiary/aromatic N) is 1. The first kappa shape index (κ1) is 35.7. The van der Waals surface area contributed by atoms with E-state index in [1.807, 2.05) is 0 Å². The minimum absolute atomic E-state index is 0.0965. The molecule has 3 fully saturated rings. The lowest BCUT2D eigenvalue weighted by atomic mass is 9.59. The second kappa shape index (κ2) is 14.0. The van der Waals surface area contributed by atoms with Gasteiger partial charge in [0.25, 0.3) is 0 Å². The molecule has 5 aliphatic carbocycles. The van der Waals surface area contributed by atoms with Crippen molar-refractivity contribution in [3.63, 3.8) is 0 Å². The highest BCUT2D eigenvalue weighted by atomic mass is 15.1. The van der Waals surface area contributed by atoms with Crippen molar-refractivity contribution >= 4 is 27.8 Å². The van der Waals surface area contributed by atoms with Gasteiger partial charge in [0, 0.05) is 22.4 Å². The number of para-hydroxylation sites is 1. The smallest absolute Gasteiger partial charge is 0.0540 e. The Morgan fingerprint density at radius 1 is 0.433 bits per heavy atom. The number of hydrogen-bond donors (Lipinski definition) is 0. The number of fused-ring (bicyclic) bond motifs is 6. The Labute approximate surface area is 355 Å². The molecule has 0 amide bonds. The molecule has 0 heterocycles. The molecule has 0 spiro atoms. The van der Waals surface area contributed by atoms with Gasteiger partial charge in [-0.2, -0.15) is 0 Å². The Kier molecular flexibility index (Phi) is 8.31. The van der Waals surface area contributed by atoms with E-state index in [2.05, 4.69) is 195 Å². The van der Waals surface area contributed by atoms with Crippen molar-refractivity contribution in [2.45, 2.75) is 57.8 Å². The Balaban J connectivity index is 0.937. The van der Waals surface area contributed by atoms with Gasteiger partial charge in [-0.15, -0.1) is 0 Å². The van der Waals surface area contributed by atoms with Crippen molar-refractivity contribution < 1.29 is 0 Å². The molecule has 292 valence electrons. The summed E-state index contributed by atoms with van der Waals surface area (Å²) in [6.45, 7) is 4.74. The van der Waals surface area contributed by atoms with Gasteiger partial charge in [-0.3, -0.25) is 0 Å². The molecule has 0 aromatic heterocycles. The quantitative estimate of drug-likeness (QED) is 0.163. The van der Waals surface area contributed by atoms with Gasteiger partial charge in [-0.1, -0.05) is 166 Å². The summed E-state index contributed by atoms with van der Waals surface area (Å²) in [6, 6.07) is 66.3. The van der Waals surface area contributed by atoms with Crippen LogP contribution in [0.2, 0.25) is 0 Å². The lowest BCUT2D eigenvalue weighted by Gasteiger charge is -2.46. The third kappa shape index (κ3) is 5.73. The maximum absolute atomic E-state index is 2.57. The van der Waals surface area contributed by atoms with Crippen LogP contribution in [-0.2, 0) is 18.3 Å². The van der Waals surface area contributed by atoms with E-state index in [-0.39, 0.29) is 5.41 Å². The highest BCUT2D eigenvalue weighted by Crippen LogP contribution is 2.54. The van der Waals surface area contributed by atoms with E-state index < -0.39 is 0 Å². The van der Waals surface area contributed by atoms with E-state index in [0.29, 0.717) is 0 Å². The van der Waals surface area contributed by atoms with Gasteiger partial charge in [0.1, 0.15) is 0 Å². The van der Waals surface area contributed by atoms with Crippen molar-refractivity contribution in [1.82, 2.24) is 0 Å². The van der Waals surface area contributed by atoms with Crippen molar-refractivity contribution in [3.8, 4) is 44.5 Å². The van der Waals surface area contributed by atoms with Gasteiger partial charge in [0.2, 0.25) is 0 Å². The molecule has 1 nitrogen and oxygen atoms in total. The summed E-state index contributed by atoms with van der Waals surface area (Å²) < 4.78 is 0. The zero-order valence-electron chi connectivity index (χ0n) is 34.7. The average Bonchev–Trinajstić information content (AvgIpc) is 3.45. The molecule has 0 aliphatic heterocycles. The maximum atomic E-state index is 2.57. The normalized spacial score (nSPS) is 20.6. The van der Waals surface area contributed by atoms with Crippen LogP contribution in [0, 0.1) is 23.7 Å². The van der Waals surface area contributed by atoms with Crippen molar-refractivity contribution in [3.05, 3.63) is 198 Å². The van der Waals surface area contributed by atoms with Crippen LogP contribution in [0.4, 0.5) is 17.1 Å². The molecule has 60 heavy (non-hydrogen) atoms. The van der Waals surface area contributed by atoms with E-state index in [1.54, 1.807) is 11.1 Å². The molecule has 0 N–H and O–H groups in total. The minimum atomic E-state index is -0.0965. The summed E-state index contributed by atoms with van der Waals surface area (Å²) in [4.78, 5) is 2.46. The predicted molar refractivity (Wildman–Crippen MR) is 252 cm³/mol. The van der Waals surface area contributed by atoms with E-state index in [4.69, 9.17) is 0 Å². The maximum Gasteiger partial charge on any atom is 0.0540 e. The second-order valence-electron chi connectivity index (χ2n) is 18.9. The number of anilines is 3. The number of benzene rings is 8. The first-order valence-corrected chi connectivity index (χ1v) is 22.4. The van der Waals surface area contributed by atoms with E-state index >= 15 is 0 Å². The molecule has 8 aromatic rings. The molecular formula is C59H51N. The Morgan fingerprint density at radius 3 is 1.78 bits per heavy atom. The van der Waals surface area contributed by atoms with Crippen LogP contribution in [0.1, 0.15) is 61.8 Å². The molecule has 13 rings (SSSR count). The zero-order valence-corrected chi connectivity index (χ0v) is 34.7. The van der Waals surface area contributed by atoms with E-state index in [1.165, 1.54) is 105 Å². The van der Waals surface area contributed by atoms with Crippen LogP contribution in [0.15, 0.2) is 176 Å². The lowest BCUT2D eigenvalue weighted by molar-refractivity contribution is 0.0417. The van der Waals surface area contributed by atoms with Crippen molar-refractivity contribution in [1.29, 1.82) is 0 Å². The fourth-order valence-corrected chi connectivity index (χ4v) is 12.4. The molecule has 8 aromatic carbocycles. The average molecular weight is 774 g/mol. The molecule has 1 heteroatoms. The minimum Gasteiger partial charge on any atom is -0.310 e. The molecule has 4 atom stereocenters. The van der Waals surface area contributed by atoms with Crippen LogP contribution in [-0.4, -0.2) is 0 Å². The third-order valence-corrected chi connectivity index (χ3v) is 15.3. The van der Waals surface area contributed by atoms with Crippen molar-refractivity contribution in [2.24, 2.45) is 23.7 Å². The number of hydrogen-bond acceptors (Lipinski definition) is 1. The van der Waals surface area contributed by atoms with Gasteiger partial charge in [-0.05, 0) is 158 Å². The van der Waals surface area contributed by atoms with Gasteiger partial charge in [-0.25, -0.2) is 0 Å². The van der Waals surface area contributed by atoms with Crippen LogP contribution in [0.3, 0.4) is 0 Å². The van der Waals surface area contributed by atoms with Crippen LogP contribution >= 0.6 is 0 Å². The van der Waals surface area contributed by atoms with Crippen molar-refractivity contribution in [2.75, 3.05) is 4.90 Å². The summed E-state index contributed by atoms with van der Waals surface area (Å²) in [6.07, 6.45) is 8.43. The summed E-state index contributed by atoms with van der Waals surface area (Å²) in [5.41, 5.74) is 19.7. The highest BCUT2D eigenvalue weighted by Gasteiger charge is 2.44. The van der Waals surface area contributed by atoms with Gasteiger partial charge < -0.3 is 4.90 Å². The van der Waals surface area contributed by atoms with E-state index in [9.17, 15) is 0 Å². The molecule has 5 aliphatic rings.